The Morgan fingerprint density at radius 3 is 2.38 bits per heavy atom. The first kappa shape index (κ1) is 19.3. The number of halogens is 2. The van der Waals surface area contributed by atoms with Gasteiger partial charge in [0.25, 0.3) is 11.8 Å². The molecular formula is C18H19Cl2N3O2S. The fraction of sp³-hybridized carbons (Fsp3) is 0.444. The van der Waals surface area contributed by atoms with Crippen LogP contribution >= 0.6 is 34.7 Å². The van der Waals surface area contributed by atoms with Crippen LogP contribution in [-0.2, 0) is 0 Å². The van der Waals surface area contributed by atoms with Gasteiger partial charge in [-0.2, -0.15) is 0 Å². The Morgan fingerprint density at radius 2 is 1.81 bits per heavy atom. The van der Waals surface area contributed by atoms with E-state index < -0.39 is 5.91 Å². The number of benzene rings is 1. The van der Waals surface area contributed by atoms with Gasteiger partial charge in [0.1, 0.15) is 4.88 Å². The third-order valence-corrected chi connectivity index (χ3v) is 6.12. The molecular weight excluding hydrogens is 393 g/mol. The Morgan fingerprint density at radius 1 is 1.15 bits per heavy atom. The molecule has 0 unspecified atom stereocenters. The largest absolute Gasteiger partial charge is 0.274 e. The highest BCUT2D eigenvalue weighted by Crippen LogP contribution is 2.30. The zero-order chi connectivity index (χ0) is 18.7. The minimum absolute atomic E-state index is 0.162. The molecule has 0 spiro atoms. The zero-order valence-electron chi connectivity index (χ0n) is 14.4. The third-order valence-electron chi connectivity index (χ3n) is 4.68. The van der Waals surface area contributed by atoms with Crippen molar-refractivity contribution in [3.63, 3.8) is 0 Å². The van der Waals surface area contributed by atoms with Crippen LogP contribution in [0.1, 0.15) is 57.8 Å². The van der Waals surface area contributed by atoms with E-state index in [9.17, 15) is 9.59 Å². The number of carbonyl (C=O) groups excluding carboxylic acids is 2. The second-order valence-electron chi connectivity index (χ2n) is 6.51. The lowest BCUT2D eigenvalue weighted by atomic mass is 9.88. The third kappa shape index (κ3) is 4.08. The molecule has 0 aliphatic heterocycles. The van der Waals surface area contributed by atoms with E-state index in [4.69, 9.17) is 23.2 Å². The van der Waals surface area contributed by atoms with Gasteiger partial charge in [0, 0.05) is 6.54 Å². The topological polar surface area (TPSA) is 63.2 Å². The quantitative estimate of drug-likeness (QED) is 0.662. The van der Waals surface area contributed by atoms with Crippen molar-refractivity contribution in [1.29, 1.82) is 0 Å². The maximum absolute atomic E-state index is 13.2. The standard InChI is InChI=1S/C18H19Cl2N3O2S/c1-11-16(26-22-21-11)18(25)23(10-12-6-3-2-4-7-12)17(24)15-13(19)8-5-9-14(15)20/h5,8-9,12H,2-4,6-7,10H2,1H3. The fourth-order valence-electron chi connectivity index (χ4n) is 3.27. The SMILES string of the molecule is Cc1nnsc1C(=O)N(CC1CCCCC1)C(=O)c1c(Cl)cccc1Cl. The number of imide groups is 1. The van der Waals surface area contributed by atoms with Gasteiger partial charge in [0.05, 0.1) is 21.3 Å². The maximum atomic E-state index is 13.2. The Balaban J connectivity index is 1.95. The molecule has 1 heterocycles. The van der Waals surface area contributed by atoms with Crippen molar-refractivity contribution in [1.82, 2.24) is 14.5 Å². The summed E-state index contributed by atoms with van der Waals surface area (Å²) in [7, 11) is 0. The normalized spacial score (nSPS) is 15.0. The van der Waals surface area contributed by atoms with E-state index in [1.807, 2.05) is 0 Å². The van der Waals surface area contributed by atoms with E-state index in [0.29, 0.717) is 23.0 Å². The van der Waals surface area contributed by atoms with Gasteiger partial charge in [-0.15, -0.1) is 5.10 Å². The number of rotatable bonds is 4. The molecule has 1 aliphatic carbocycles. The number of hydrogen-bond donors (Lipinski definition) is 0. The summed E-state index contributed by atoms with van der Waals surface area (Å²) in [5.41, 5.74) is 0.682. The second-order valence-corrected chi connectivity index (χ2v) is 8.08. The molecule has 2 aromatic rings. The molecule has 3 rings (SSSR count). The van der Waals surface area contributed by atoms with Gasteiger partial charge in [-0.3, -0.25) is 14.5 Å². The van der Waals surface area contributed by atoms with E-state index in [2.05, 4.69) is 9.59 Å². The lowest BCUT2D eigenvalue weighted by molar-refractivity contribution is 0.0581. The van der Waals surface area contributed by atoms with Crippen LogP contribution in [0.3, 0.4) is 0 Å². The molecule has 5 nitrogen and oxygen atoms in total. The van der Waals surface area contributed by atoms with Crippen LogP contribution in [0.15, 0.2) is 18.2 Å². The average Bonchev–Trinajstić information content (AvgIpc) is 3.05. The maximum Gasteiger partial charge on any atom is 0.274 e. The summed E-state index contributed by atoms with van der Waals surface area (Å²) in [6, 6.07) is 4.87. The van der Waals surface area contributed by atoms with Crippen molar-refractivity contribution < 1.29 is 9.59 Å². The predicted octanol–water partition coefficient (Wildman–Crippen LogP) is 5.02. The lowest BCUT2D eigenvalue weighted by Crippen LogP contribution is -2.41. The van der Waals surface area contributed by atoms with Gasteiger partial charge >= 0.3 is 0 Å². The molecule has 0 N–H and O–H groups in total. The molecule has 138 valence electrons. The molecule has 26 heavy (non-hydrogen) atoms. The van der Waals surface area contributed by atoms with Crippen molar-refractivity contribution in [3.05, 3.63) is 44.4 Å². The van der Waals surface area contributed by atoms with Crippen LogP contribution in [0.2, 0.25) is 10.0 Å². The van der Waals surface area contributed by atoms with Crippen LogP contribution < -0.4 is 0 Å². The van der Waals surface area contributed by atoms with Gasteiger partial charge in [-0.05, 0) is 49.3 Å². The highest BCUT2D eigenvalue weighted by molar-refractivity contribution is 7.08. The van der Waals surface area contributed by atoms with Crippen molar-refractivity contribution in [2.75, 3.05) is 6.54 Å². The molecule has 1 fully saturated rings. The Labute approximate surface area is 166 Å². The Bertz CT molecular complexity index is 798. The molecule has 0 bridgehead atoms. The van der Waals surface area contributed by atoms with E-state index in [-0.39, 0.29) is 21.5 Å². The fourth-order valence-corrected chi connectivity index (χ4v) is 4.44. The number of amides is 2. The number of carbonyl (C=O) groups is 2. The lowest BCUT2D eigenvalue weighted by Gasteiger charge is -2.28. The van der Waals surface area contributed by atoms with E-state index in [0.717, 1.165) is 37.2 Å². The molecule has 0 saturated heterocycles. The monoisotopic (exact) mass is 411 g/mol. The molecule has 1 aromatic heterocycles. The molecule has 2 amide bonds. The van der Waals surface area contributed by atoms with Crippen molar-refractivity contribution >= 4 is 46.5 Å². The van der Waals surface area contributed by atoms with Gasteiger partial charge in [0.2, 0.25) is 0 Å². The highest BCUT2D eigenvalue weighted by atomic mass is 35.5. The number of aromatic nitrogens is 2. The minimum Gasteiger partial charge on any atom is -0.273 e. The van der Waals surface area contributed by atoms with E-state index in [1.54, 1.807) is 25.1 Å². The molecule has 8 heteroatoms. The summed E-state index contributed by atoms with van der Waals surface area (Å²) in [5.74, 6) is -0.563. The van der Waals surface area contributed by atoms with Crippen molar-refractivity contribution in [2.24, 2.45) is 5.92 Å². The summed E-state index contributed by atoms with van der Waals surface area (Å²) >= 11 is 13.4. The molecule has 0 radical (unpaired) electrons. The minimum atomic E-state index is -0.469. The first-order chi connectivity index (χ1) is 12.5. The van der Waals surface area contributed by atoms with E-state index in [1.165, 1.54) is 11.3 Å². The smallest absolute Gasteiger partial charge is 0.273 e. The summed E-state index contributed by atoms with van der Waals surface area (Å²) < 4.78 is 3.82. The zero-order valence-corrected chi connectivity index (χ0v) is 16.7. The molecule has 0 atom stereocenters. The van der Waals surface area contributed by atoms with Crippen molar-refractivity contribution in [2.45, 2.75) is 39.0 Å². The Hall–Kier alpha value is -1.50. The summed E-state index contributed by atoms with van der Waals surface area (Å²) in [6.45, 7) is 2.07. The predicted molar refractivity (Wildman–Crippen MR) is 103 cm³/mol. The summed E-state index contributed by atoms with van der Waals surface area (Å²) in [6.07, 6.45) is 5.46. The van der Waals surface area contributed by atoms with Crippen LogP contribution in [0.4, 0.5) is 0 Å². The molecule has 1 aliphatic rings. The summed E-state index contributed by atoms with van der Waals surface area (Å²) in [4.78, 5) is 27.9. The van der Waals surface area contributed by atoms with Crippen LogP contribution in [-0.4, -0.2) is 32.8 Å². The molecule has 1 aromatic carbocycles. The summed E-state index contributed by atoms with van der Waals surface area (Å²) in [5, 5.41) is 4.37. The van der Waals surface area contributed by atoms with Gasteiger partial charge < -0.3 is 0 Å². The molecule has 1 saturated carbocycles. The number of nitrogens with zero attached hydrogens (tertiary/aromatic N) is 3. The first-order valence-electron chi connectivity index (χ1n) is 8.58. The average molecular weight is 412 g/mol. The van der Waals surface area contributed by atoms with Crippen LogP contribution in [0.5, 0.6) is 0 Å². The number of aryl methyl sites for hydroxylation is 1. The van der Waals surface area contributed by atoms with Crippen molar-refractivity contribution in [3.8, 4) is 0 Å². The van der Waals surface area contributed by atoms with Gasteiger partial charge in [0.15, 0.2) is 0 Å². The second kappa shape index (κ2) is 8.46. The van der Waals surface area contributed by atoms with E-state index >= 15 is 0 Å². The highest BCUT2D eigenvalue weighted by Gasteiger charge is 2.32. The Kier molecular flexibility index (Phi) is 6.27. The van der Waals surface area contributed by atoms with Crippen LogP contribution in [0.25, 0.3) is 0 Å². The van der Waals surface area contributed by atoms with Gasteiger partial charge in [-0.25, -0.2) is 0 Å². The number of hydrogen-bond acceptors (Lipinski definition) is 5. The first-order valence-corrected chi connectivity index (χ1v) is 10.1. The van der Waals surface area contributed by atoms with Crippen LogP contribution in [0, 0.1) is 12.8 Å². The van der Waals surface area contributed by atoms with Gasteiger partial charge in [-0.1, -0.05) is 53.0 Å².